The highest BCUT2D eigenvalue weighted by atomic mass is 32.2. The van der Waals surface area contributed by atoms with Crippen molar-refractivity contribution in [3.63, 3.8) is 0 Å². The minimum absolute atomic E-state index is 0.174. The minimum Gasteiger partial charge on any atom is -0.309 e. The van der Waals surface area contributed by atoms with Crippen molar-refractivity contribution in [3.8, 4) is 0 Å². The Labute approximate surface area is 210 Å². The first-order valence-electron chi connectivity index (χ1n) is 11.6. The molecule has 0 aliphatic carbocycles. The first-order chi connectivity index (χ1) is 17.2. The first kappa shape index (κ1) is 25.6. The summed E-state index contributed by atoms with van der Waals surface area (Å²) in [6, 6.07) is 17.9. The van der Waals surface area contributed by atoms with Crippen molar-refractivity contribution < 1.29 is 21.6 Å². The van der Waals surface area contributed by atoms with Crippen LogP contribution in [0.15, 0.2) is 81.8 Å². The van der Waals surface area contributed by atoms with E-state index < -0.39 is 30.5 Å². The molecule has 2 aromatic carbocycles. The third kappa shape index (κ3) is 4.78. The van der Waals surface area contributed by atoms with E-state index in [0.717, 1.165) is 10.9 Å². The highest BCUT2D eigenvalue weighted by Crippen LogP contribution is 2.37. The Morgan fingerprint density at radius 1 is 0.861 bits per heavy atom. The number of sulfone groups is 2. The molecule has 0 aliphatic heterocycles. The monoisotopic (exact) mass is 525 g/mol. The Morgan fingerprint density at radius 3 is 2.14 bits per heavy atom. The van der Waals surface area contributed by atoms with E-state index in [0.29, 0.717) is 11.8 Å². The Kier molecular flexibility index (Phi) is 7.28. The molecule has 8 nitrogen and oxygen atoms in total. The number of fused-ring (bicyclic) bond motifs is 3. The molecule has 0 saturated heterocycles. The molecule has 0 radical (unpaired) electrons. The van der Waals surface area contributed by atoms with Gasteiger partial charge in [-0.25, -0.2) is 22.3 Å². The van der Waals surface area contributed by atoms with Crippen LogP contribution < -0.4 is 5.43 Å². The van der Waals surface area contributed by atoms with Crippen molar-refractivity contribution in [2.45, 2.75) is 36.5 Å². The van der Waals surface area contributed by atoms with Gasteiger partial charge in [-0.2, -0.15) is 5.10 Å². The van der Waals surface area contributed by atoms with Crippen LogP contribution in [0.3, 0.4) is 0 Å². The summed E-state index contributed by atoms with van der Waals surface area (Å²) < 4.78 is 55.5. The van der Waals surface area contributed by atoms with Gasteiger partial charge < -0.3 is 4.40 Å². The zero-order valence-electron chi connectivity index (χ0n) is 20.0. The predicted molar refractivity (Wildman–Crippen MR) is 141 cm³/mol. The van der Waals surface area contributed by atoms with Gasteiger partial charge in [-0.1, -0.05) is 68.4 Å². The van der Waals surface area contributed by atoms with Crippen LogP contribution in [0.2, 0.25) is 0 Å². The Balaban J connectivity index is 2.05. The van der Waals surface area contributed by atoms with Gasteiger partial charge in [0.15, 0.2) is 19.7 Å². The van der Waals surface area contributed by atoms with Crippen molar-refractivity contribution in [1.29, 1.82) is 0 Å². The number of aromatic nitrogens is 1. The zero-order chi connectivity index (χ0) is 25.9. The van der Waals surface area contributed by atoms with Gasteiger partial charge in [0, 0.05) is 11.6 Å². The Morgan fingerprint density at radius 2 is 1.47 bits per heavy atom. The Bertz CT molecular complexity index is 1670. The average Bonchev–Trinajstić information content (AvgIpc) is 3.22. The highest BCUT2D eigenvalue weighted by molar-refractivity contribution is 7.94. The lowest BCUT2D eigenvalue weighted by Gasteiger charge is -2.09. The molecule has 188 valence electrons. The van der Waals surface area contributed by atoms with Crippen LogP contribution in [0.4, 0.5) is 0 Å². The number of benzene rings is 2. The van der Waals surface area contributed by atoms with Crippen molar-refractivity contribution >= 4 is 48.1 Å². The van der Waals surface area contributed by atoms with Crippen LogP contribution in [-0.4, -0.2) is 44.9 Å². The number of rotatable bonds is 9. The molecule has 4 rings (SSSR count). The maximum Gasteiger partial charge on any atom is 0.289 e. The molecule has 0 spiro atoms. The molecule has 0 atom stereocenters. The normalized spacial score (nSPS) is 12.5. The number of hydrogen-bond acceptors (Lipinski definition) is 6. The third-order valence-electron chi connectivity index (χ3n) is 5.70. The molecular formula is C26H27N3O5S2. The molecule has 1 N–H and O–H groups in total. The predicted octanol–water partition coefficient (Wildman–Crippen LogP) is 4.22. The molecule has 0 aliphatic rings. The quantitative estimate of drug-likeness (QED) is 0.260. The first-order valence-corrected chi connectivity index (χ1v) is 14.9. The van der Waals surface area contributed by atoms with Gasteiger partial charge in [0.25, 0.3) is 5.91 Å². The van der Waals surface area contributed by atoms with E-state index in [-0.39, 0.29) is 34.0 Å². The van der Waals surface area contributed by atoms with Crippen molar-refractivity contribution in [2.24, 2.45) is 5.10 Å². The second-order valence-electron chi connectivity index (χ2n) is 8.38. The molecule has 4 aromatic rings. The fraction of sp³-hybridized carbons (Fsp3) is 0.231. The van der Waals surface area contributed by atoms with Crippen LogP contribution in [0.5, 0.6) is 0 Å². The van der Waals surface area contributed by atoms with E-state index in [2.05, 4.69) is 10.5 Å². The van der Waals surface area contributed by atoms with Crippen LogP contribution in [0.25, 0.3) is 16.3 Å². The molecule has 0 bridgehead atoms. The largest absolute Gasteiger partial charge is 0.309 e. The average molecular weight is 526 g/mol. The maximum atomic E-state index is 13.6. The van der Waals surface area contributed by atoms with Gasteiger partial charge in [0.2, 0.25) is 0 Å². The van der Waals surface area contributed by atoms with Crippen LogP contribution in [-0.2, 0) is 19.7 Å². The van der Waals surface area contributed by atoms with Crippen molar-refractivity contribution in [1.82, 2.24) is 9.83 Å². The zero-order valence-corrected chi connectivity index (χ0v) is 21.6. The summed E-state index contributed by atoms with van der Waals surface area (Å²) in [5, 5.41) is 5.24. The van der Waals surface area contributed by atoms with Gasteiger partial charge in [0.05, 0.1) is 23.2 Å². The lowest BCUT2D eigenvalue weighted by molar-refractivity contribution is 0.0945. The summed E-state index contributed by atoms with van der Waals surface area (Å²) in [5.74, 6) is -1.37. The summed E-state index contributed by atoms with van der Waals surface area (Å²) in [6.07, 6.45) is 3.51. The molecule has 2 aromatic heterocycles. The van der Waals surface area contributed by atoms with Gasteiger partial charge in [-0.15, -0.1) is 0 Å². The molecule has 0 fully saturated rings. The van der Waals surface area contributed by atoms with E-state index in [9.17, 15) is 21.6 Å². The van der Waals surface area contributed by atoms with E-state index in [1.54, 1.807) is 44.2 Å². The minimum atomic E-state index is -4.14. The van der Waals surface area contributed by atoms with Gasteiger partial charge >= 0.3 is 0 Å². The molecule has 1 amide bonds. The summed E-state index contributed by atoms with van der Waals surface area (Å²) in [4.78, 5) is 12.7. The van der Waals surface area contributed by atoms with Crippen molar-refractivity contribution in [2.75, 3.05) is 11.5 Å². The van der Waals surface area contributed by atoms with E-state index in [1.807, 2.05) is 30.3 Å². The van der Waals surface area contributed by atoms with Crippen LogP contribution in [0.1, 0.15) is 42.7 Å². The highest BCUT2D eigenvalue weighted by Gasteiger charge is 2.37. The van der Waals surface area contributed by atoms with E-state index in [1.165, 1.54) is 16.8 Å². The number of pyridine rings is 1. The van der Waals surface area contributed by atoms with Gasteiger partial charge in [-0.05, 0) is 29.9 Å². The summed E-state index contributed by atoms with van der Waals surface area (Å²) in [5.41, 5.74) is 3.02. The molecule has 36 heavy (non-hydrogen) atoms. The van der Waals surface area contributed by atoms with E-state index >= 15 is 0 Å². The van der Waals surface area contributed by atoms with Gasteiger partial charge in [-0.3, -0.25) is 4.79 Å². The fourth-order valence-corrected chi connectivity index (χ4v) is 8.24. The molecule has 10 heteroatoms. The second-order valence-corrected chi connectivity index (χ2v) is 12.5. The number of nitrogens with one attached hydrogen (secondary N) is 1. The standard InChI is InChI=1S/C26H27N3O5S2/c1-3-16-35(31,32)24-22-21-13-9-8-12-20(21)14-15-29(22)23(25(24)36(33,34)17-4-2)26(30)28-27-18-19-10-6-5-7-11-19/h5-15,18H,3-4,16-17H2,1-2H3,(H,28,30). The molecule has 0 saturated carbocycles. The molecule has 2 heterocycles. The number of amides is 1. The summed E-state index contributed by atoms with van der Waals surface area (Å²) in [6.45, 7) is 3.40. The number of carbonyl (C=O) groups is 1. The van der Waals surface area contributed by atoms with Gasteiger partial charge in [0.1, 0.15) is 15.5 Å². The lowest BCUT2D eigenvalue weighted by Crippen LogP contribution is -2.23. The number of hydrazone groups is 1. The lowest BCUT2D eigenvalue weighted by atomic mass is 10.1. The van der Waals surface area contributed by atoms with Crippen LogP contribution in [0, 0.1) is 0 Å². The Hall–Kier alpha value is -3.50. The van der Waals surface area contributed by atoms with Crippen molar-refractivity contribution in [3.05, 3.63) is 78.1 Å². The van der Waals surface area contributed by atoms with Crippen LogP contribution >= 0.6 is 0 Å². The summed E-state index contributed by atoms with van der Waals surface area (Å²) >= 11 is 0. The fourth-order valence-electron chi connectivity index (χ4n) is 4.25. The molecular weight excluding hydrogens is 498 g/mol. The topological polar surface area (TPSA) is 114 Å². The number of hydrogen-bond donors (Lipinski definition) is 1. The maximum absolute atomic E-state index is 13.6. The number of carbonyl (C=O) groups excluding carboxylic acids is 1. The second kappa shape index (κ2) is 10.2. The summed E-state index contributed by atoms with van der Waals surface area (Å²) in [7, 11) is -8.19. The smallest absolute Gasteiger partial charge is 0.289 e. The molecule has 0 unspecified atom stereocenters. The third-order valence-corrected chi connectivity index (χ3v) is 9.76. The number of nitrogens with zero attached hydrogens (tertiary/aromatic N) is 2. The SMILES string of the molecule is CCCS(=O)(=O)c1c(S(=O)(=O)CCC)c2c3ccccc3ccn2c1C(=O)NN=Cc1ccccc1. The van der Waals surface area contributed by atoms with E-state index in [4.69, 9.17) is 0 Å².